The summed E-state index contributed by atoms with van der Waals surface area (Å²) in [5, 5.41) is 0.248. The summed E-state index contributed by atoms with van der Waals surface area (Å²) in [6.45, 7) is 3.87. The number of nitrogens with two attached hydrogens (primary N) is 1. The van der Waals surface area contributed by atoms with E-state index in [-0.39, 0.29) is 34.8 Å². The highest BCUT2D eigenvalue weighted by atomic mass is 35.5. The molecule has 2 aromatic carbocycles. The number of hydrogen-bond acceptors (Lipinski definition) is 6. The number of aromatic nitrogens is 3. The van der Waals surface area contributed by atoms with Crippen LogP contribution in [0, 0.1) is 5.82 Å². The van der Waals surface area contributed by atoms with Crippen molar-refractivity contribution in [2.24, 2.45) is 0 Å². The first-order chi connectivity index (χ1) is 16.7. The normalized spacial score (nSPS) is 11.0. The molecule has 0 aliphatic carbocycles. The predicted molar refractivity (Wildman–Crippen MR) is 132 cm³/mol. The topological polar surface area (TPSA) is 100 Å². The average Bonchev–Trinajstić information content (AvgIpc) is 2.84. The van der Waals surface area contributed by atoms with Crippen LogP contribution in [0.3, 0.4) is 0 Å². The van der Waals surface area contributed by atoms with Gasteiger partial charge in [0.1, 0.15) is 10.8 Å². The Hall–Kier alpha value is -4.04. The summed E-state index contributed by atoms with van der Waals surface area (Å²) >= 11 is 6.13. The van der Waals surface area contributed by atoms with E-state index in [0.29, 0.717) is 28.1 Å². The van der Waals surface area contributed by atoms with Gasteiger partial charge in [0.25, 0.3) is 0 Å². The number of ether oxygens (including phenoxy) is 1. The number of halogens is 2. The first-order valence-electron chi connectivity index (χ1n) is 10.8. The second-order valence-corrected chi connectivity index (χ2v) is 8.58. The van der Waals surface area contributed by atoms with Gasteiger partial charge in [-0.05, 0) is 49.2 Å². The molecule has 0 atom stereocenters. The highest BCUT2D eigenvalue weighted by Gasteiger charge is 2.18. The minimum atomic E-state index is -0.421. The maximum Gasteiger partial charge on any atom is 0.321 e. The highest BCUT2D eigenvalue weighted by molar-refractivity contribution is 6.34. The highest BCUT2D eigenvalue weighted by Crippen LogP contribution is 2.32. The van der Waals surface area contributed by atoms with Gasteiger partial charge >= 0.3 is 6.01 Å². The molecule has 0 aliphatic heterocycles. The molecule has 35 heavy (non-hydrogen) atoms. The van der Waals surface area contributed by atoms with Crippen molar-refractivity contribution in [1.29, 1.82) is 0 Å². The zero-order valence-corrected chi connectivity index (χ0v) is 19.8. The summed E-state index contributed by atoms with van der Waals surface area (Å²) in [5.41, 5.74) is 7.11. The van der Waals surface area contributed by atoms with Crippen LogP contribution in [0.4, 0.5) is 10.1 Å². The summed E-state index contributed by atoms with van der Waals surface area (Å²) in [6, 6.07) is 10.6. The van der Waals surface area contributed by atoms with Crippen LogP contribution in [0.15, 0.2) is 72.0 Å². The number of hydrogen-bond donors (Lipinski definition) is 1. The van der Waals surface area contributed by atoms with E-state index in [1.54, 1.807) is 35.2 Å². The number of nitrogens with zero attached hydrogens (tertiary/aromatic N) is 3. The third-order valence-electron chi connectivity index (χ3n) is 5.34. The summed E-state index contributed by atoms with van der Waals surface area (Å²) < 4.78 is 20.7. The smallest absolute Gasteiger partial charge is 0.321 e. The van der Waals surface area contributed by atoms with E-state index < -0.39 is 11.2 Å². The molecule has 0 aliphatic rings. The zero-order valence-electron chi connectivity index (χ0n) is 19.0. The molecule has 4 aromatic rings. The maximum absolute atomic E-state index is 13.4. The number of carbonyl (C=O) groups excluding carboxylic acids is 1. The number of benzene rings is 2. The van der Waals surface area contributed by atoms with Gasteiger partial charge < -0.3 is 15.0 Å². The summed E-state index contributed by atoms with van der Waals surface area (Å²) in [7, 11) is 0. The lowest BCUT2D eigenvalue weighted by Gasteiger charge is -2.15. The van der Waals surface area contributed by atoms with E-state index in [0.717, 1.165) is 0 Å². The third-order valence-corrected chi connectivity index (χ3v) is 5.74. The number of pyridine rings is 1. The van der Waals surface area contributed by atoms with E-state index in [1.165, 1.54) is 36.7 Å². The van der Waals surface area contributed by atoms with E-state index in [1.807, 2.05) is 13.8 Å². The Bertz CT molecular complexity index is 1430. The molecule has 2 heterocycles. The van der Waals surface area contributed by atoms with E-state index in [2.05, 4.69) is 9.97 Å². The van der Waals surface area contributed by atoms with Crippen molar-refractivity contribution < 1.29 is 13.9 Å². The summed E-state index contributed by atoms with van der Waals surface area (Å²) in [6.07, 6.45) is 6.03. The fourth-order valence-electron chi connectivity index (χ4n) is 3.40. The van der Waals surface area contributed by atoms with Gasteiger partial charge in [-0.1, -0.05) is 29.8 Å². The van der Waals surface area contributed by atoms with Crippen LogP contribution < -0.4 is 15.9 Å². The van der Waals surface area contributed by atoms with Crippen LogP contribution in [-0.4, -0.2) is 20.3 Å². The molecule has 0 radical (unpaired) electrons. The molecule has 0 unspecified atom stereocenters. The molecule has 4 rings (SSSR count). The fraction of sp³-hybridized carbons (Fsp3) is 0.154. The molecule has 7 nitrogen and oxygen atoms in total. The average molecular weight is 493 g/mol. The Balaban J connectivity index is 1.59. The van der Waals surface area contributed by atoms with E-state index >= 15 is 0 Å². The first kappa shape index (κ1) is 24.1. The predicted octanol–water partition coefficient (Wildman–Crippen LogP) is 5.48. The Labute approximate surface area is 206 Å². The molecule has 0 spiro atoms. The van der Waals surface area contributed by atoms with Crippen molar-refractivity contribution in [3.05, 3.63) is 99.4 Å². The van der Waals surface area contributed by atoms with Crippen LogP contribution >= 0.6 is 11.6 Å². The van der Waals surface area contributed by atoms with Crippen LogP contribution in [0.25, 0.3) is 11.1 Å². The SMILES string of the molecule is CC(C)n1cc(C(=O)Cc2cnc(Oc3cccc(N)c3Cl)nc2)c(=O)c(-c2ccc(F)cc2)c1. The Morgan fingerprint density at radius 3 is 2.46 bits per heavy atom. The largest absolute Gasteiger partial charge is 0.423 e. The molecule has 0 saturated carbocycles. The van der Waals surface area contributed by atoms with Crippen molar-refractivity contribution in [2.75, 3.05) is 5.73 Å². The Morgan fingerprint density at radius 2 is 1.80 bits per heavy atom. The second kappa shape index (κ2) is 10.1. The molecule has 0 bridgehead atoms. The number of ketones is 1. The fourth-order valence-corrected chi connectivity index (χ4v) is 3.57. The van der Waals surface area contributed by atoms with Crippen molar-refractivity contribution >= 4 is 23.1 Å². The molecule has 2 N–H and O–H groups in total. The lowest BCUT2D eigenvalue weighted by molar-refractivity contribution is 0.0991. The minimum absolute atomic E-state index is 0.0000359. The van der Waals surface area contributed by atoms with Gasteiger partial charge in [-0.2, -0.15) is 0 Å². The standard InChI is InChI=1S/C26H22ClFN4O3/c1-15(2)32-13-19(17-6-8-18(28)9-7-17)25(34)20(14-32)22(33)10-16-11-30-26(31-12-16)35-23-5-3-4-21(29)24(23)27/h3-9,11-15H,10,29H2,1-2H3. The molecule has 2 aromatic heterocycles. The molecular formula is C26H22ClFN4O3. The van der Waals surface area contributed by atoms with Gasteiger partial charge in [0.15, 0.2) is 17.0 Å². The first-order valence-corrected chi connectivity index (χ1v) is 11.2. The van der Waals surface area contributed by atoms with E-state index in [9.17, 15) is 14.0 Å². The lowest BCUT2D eigenvalue weighted by atomic mass is 10.0. The van der Waals surface area contributed by atoms with Crippen LogP contribution in [0.2, 0.25) is 5.02 Å². The molecular weight excluding hydrogens is 471 g/mol. The second-order valence-electron chi connectivity index (χ2n) is 8.20. The lowest BCUT2D eigenvalue weighted by Crippen LogP contribution is -2.22. The molecule has 178 valence electrons. The van der Waals surface area contributed by atoms with Gasteiger partial charge in [0.2, 0.25) is 0 Å². The Morgan fingerprint density at radius 1 is 1.11 bits per heavy atom. The van der Waals surface area contributed by atoms with Gasteiger partial charge in [-0.3, -0.25) is 9.59 Å². The quantitative estimate of drug-likeness (QED) is 0.271. The number of carbonyl (C=O) groups is 1. The number of anilines is 1. The van der Waals surface area contributed by atoms with Crippen LogP contribution in [0.5, 0.6) is 11.8 Å². The van der Waals surface area contributed by atoms with Gasteiger partial charge in [-0.25, -0.2) is 14.4 Å². The number of Topliss-reactive ketones (excluding diaryl/α,β-unsaturated/α-hetero) is 1. The molecule has 0 fully saturated rings. The van der Waals surface area contributed by atoms with Crippen molar-refractivity contribution in [1.82, 2.24) is 14.5 Å². The maximum atomic E-state index is 13.4. The van der Waals surface area contributed by atoms with Crippen LogP contribution in [-0.2, 0) is 6.42 Å². The minimum Gasteiger partial charge on any atom is -0.423 e. The number of rotatable bonds is 7. The van der Waals surface area contributed by atoms with Crippen LogP contribution in [0.1, 0.15) is 35.8 Å². The monoisotopic (exact) mass is 492 g/mol. The van der Waals surface area contributed by atoms with Gasteiger partial charge in [0, 0.05) is 42.8 Å². The zero-order chi connectivity index (χ0) is 25.1. The molecule has 9 heteroatoms. The Kier molecular flexibility index (Phi) is 6.93. The number of nitrogen functional groups attached to an aromatic ring is 1. The summed E-state index contributed by atoms with van der Waals surface area (Å²) in [5.74, 6) is -0.484. The van der Waals surface area contributed by atoms with E-state index in [4.69, 9.17) is 22.1 Å². The molecule has 0 saturated heterocycles. The van der Waals surface area contributed by atoms with Gasteiger partial charge in [0.05, 0.1) is 11.3 Å². The van der Waals surface area contributed by atoms with Crippen molar-refractivity contribution in [3.8, 4) is 22.9 Å². The van der Waals surface area contributed by atoms with Gasteiger partial charge in [-0.15, -0.1) is 0 Å². The van der Waals surface area contributed by atoms with Crippen molar-refractivity contribution in [3.63, 3.8) is 0 Å². The third kappa shape index (κ3) is 5.38. The van der Waals surface area contributed by atoms with Crippen molar-refractivity contribution in [2.45, 2.75) is 26.3 Å². The summed E-state index contributed by atoms with van der Waals surface area (Å²) in [4.78, 5) is 34.5. The molecule has 0 amide bonds.